The molecule has 3 heterocycles. The van der Waals surface area contributed by atoms with E-state index in [-0.39, 0.29) is 0 Å². The van der Waals surface area contributed by atoms with E-state index in [0.29, 0.717) is 0 Å². The Morgan fingerprint density at radius 2 is 2.00 bits per heavy atom. The lowest BCUT2D eigenvalue weighted by Crippen LogP contribution is -2.42. The number of nitrogens with one attached hydrogen (secondary N) is 1. The summed E-state index contributed by atoms with van der Waals surface area (Å²) >= 11 is 1.75. The van der Waals surface area contributed by atoms with Crippen molar-refractivity contribution >= 4 is 11.8 Å². The summed E-state index contributed by atoms with van der Waals surface area (Å²) in [6.45, 7) is 5.69. The van der Waals surface area contributed by atoms with Gasteiger partial charge in [0.25, 0.3) is 0 Å². The molecule has 0 radical (unpaired) electrons. The summed E-state index contributed by atoms with van der Waals surface area (Å²) in [6.07, 6.45) is 11.9. The second-order valence-corrected chi connectivity index (χ2v) is 7.92. The molecule has 0 spiro atoms. The van der Waals surface area contributed by atoms with E-state index in [1.165, 1.54) is 56.0 Å². The van der Waals surface area contributed by atoms with Gasteiger partial charge in [-0.2, -0.15) is 0 Å². The number of thioether (sulfide) groups is 1. The lowest BCUT2D eigenvalue weighted by Gasteiger charge is -2.37. The average Bonchev–Trinajstić information content (AvgIpc) is 2.81. The molecule has 1 aliphatic carbocycles. The quantitative estimate of drug-likeness (QED) is 0.909. The number of hydrogen-bond acceptors (Lipinski definition) is 5. The second kappa shape index (κ2) is 7.62. The number of aromatic nitrogens is 1. The Kier molecular flexibility index (Phi) is 5.09. The van der Waals surface area contributed by atoms with Crippen LogP contribution < -0.4 is 5.32 Å². The Bertz CT molecular complexity index is 609. The molecule has 0 unspecified atom stereocenters. The molecule has 0 bridgehead atoms. The van der Waals surface area contributed by atoms with E-state index in [2.05, 4.69) is 38.3 Å². The van der Waals surface area contributed by atoms with E-state index in [0.717, 1.165) is 24.2 Å². The maximum Gasteiger partial charge on any atom is 0.102 e. The predicted molar refractivity (Wildman–Crippen MR) is 99.7 cm³/mol. The molecule has 5 heteroatoms. The van der Waals surface area contributed by atoms with Crippen LogP contribution >= 0.6 is 11.8 Å². The van der Waals surface area contributed by atoms with Crippen LogP contribution in [0.5, 0.6) is 0 Å². The van der Waals surface area contributed by atoms with Crippen LogP contribution in [0, 0.1) is 0 Å². The summed E-state index contributed by atoms with van der Waals surface area (Å²) in [5.74, 6) is 1.29. The fraction of sp³-hybridized carbons (Fsp3) is 0.526. The Morgan fingerprint density at radius 3 is 2.71 bits per heavy atom. The third-order valence-electron chi connectivity index (χ3n) is 5.21. The molecular weight excluding hydrogens is 316 g/mol. The molecular formula is C19H26N4S. The molecule has 4 rings (SSSR count). The van der Waals surface area contributed by atoms with Crippen molar-refractivity contribution in [2.24, 2.45) is 0 Å². The molecule has 0 aromatic carbocycles. The Labute approximate surface area is 149 Å². The van der Waals surface area contributed by atoms with Crippen LogP contribution in [-0.2, 0) is 0 Å². The summed E-state index contributed by atoms with van der Waals surface area (Å²) < 4.78 is 0. The van der Waals surface area contributed by atoms with Gasteiger partial charge in [-0.05, 0) is 43.5 Å². The normalized spacial score (nSPS) is 22.9. The van der Waals surface area contributed by atoms with Crippen molar-refractivity contribution in [1.29, 1.82) is 0 Å². The fourth-order valence-corrected chi connectivity index (χ4v) is 4.40. The van der Waals surface area contributed by atoms with E-state index in [9.17, 15) is 0 Å². The van der Waals surface area contributed by atoms with Gasteiger partial charge >= 0.3 is 0 Å². The highest BCUT2D eigenvalue weighted by Crippen LogP contribution is 2.28. The number of allylic oxidation sites excluding steroid dienone is 2. The minimum Gasteiger partial charge on any atom is -0.367 e. The van der Waals surface area contributed by atoms with Gasteiger partial charge in [-0.1, -0.05) is 24.2 Å². The highest BCUT2D eigenvalue weighted by molar-refractivity contribution is 8.03. The van der Waals surface area contributed by atoms with Gasteiger partial charge < -0.3 is 10.2 Å². The SMILES string of the molecule is C1=C(Sc2ccccn2)CNC(N2CCCN(C3CCC3)CC2)=C1. The first-order valence-corrected chi connectivity index (χ1v) is 9.93. The summed E-state index contributed by atoms with van der Waals surface area (Å²) in [6, 6.07) is 6.94. The zero-order chi connectivity index (χ0) is 16.2. The van der Waals surface area contributed by atoms with Crippen LogP contribution in [0.1, 0.15) is 25.7 Å². The molecule has 1 aromatic rings. The molecule has 3 aliphatic rings. The highest BCUT2D eigenvalue weighted by atomic mass is 32.2. The third kappa shape index (κ3) is 3.78. The topological polar surface area (TPSA) is 31.4 Å². The van der Waals surface area contributed by atoms with Crippen molar-refractivity contribution in [3.63, 3.8) is 0 Å². The minimum absolute atomic E-state index is 0.875. The maximum atomic E-state index is 4.39. The molecule has 24 heavy (non-hydrogen) atoms. The van der Waals surface area contributed by atoms with Gasteiger partial charge in [-0.3, -0.25) is 4.90 Å². The van der Waals surface area contributed by atoms with Crippen LogP contribution in [0.4, 0.5) is 0 Å². The van der Waals surface area contributed by atoms with E-state index >= 15 is 0 Å². The first-order valence-electron chi connectivity index (χ1n) is 9.11. The monoisotopic (exact) mass is 342 g/mol. The Morgan fingerprint density at radius 1 is 1.04 bits per heavy atom. The second-order valence-electron chi connectivity index (χ2n) is 6.77. The van der Waals surface area contributed by atoms with Crippen molar-refractivity contribution < 1.29 is 0 Å². The molecule has 1 saturated carbocycles. The highest BCUT2D eigenvalue weighted by Gasteiger charge is 2.27. The van der Waals surface area contributed by atoms with Gasteiger partial charge in [0, 0.05) is 49.9 Å². The molecule has 1 N–H and O–H groups in total. The van der Waals surface area contributed by atoms with Crippen LogP contribution in [0.2, 0.25) is 0 Å². The molecule has 0 amide bonds. The van der Waals surface area contributed by atoms with Crippen molar-refractivity contribution in [3.05, 3.63) is 47.3 Å². The summed E-state index contributed by atoms with van der Waals surface area (Å²) in [4.78, 5) is 11.0. The standard InChI is InChI=1S/C19H26N4S/c1-2-10-20-19(7-1)24-17-8-9-18(21-15-17)23-12-4-11-22(13-14-23)16-5-3-6-16/h1-2,7-10,16,21H,3-6,11-15H2. The molecule has 1 saturated heterocycles. The van der Waals surface area contributed by atoms with Crippen LogP contribution in [0.3, 0.4) is 0 Å². The summed E-state index contributed by atoms with van der Waals surface area (Å²) in [5, 5.41) is 4.67. The Balaban J connectivity index is 1.35. The smallest absolute Gasteiger partial charge is 0.102 e. The van der Waals surface area contributed by atoms with Crippen molar-refractivity contribution in [3.8, 4) is 0 Å². The van der Waals surface area contributed by atoms with Gasteiger partial charge in [-0.25, -0.2) is 4.98 Å². The molecule has 1 aromatic heterocycles. The van der Waals surface area contributed by atoms with Gasteiger partial charge in [0.2, 0.25) is 0 Å². The van der Waals surface area contributed by atoms with Crippen molar-refractivity contribution in [1.82, 2.24) is 20.1 Å². The fourth-order valence-electron chi connectivity index (χ4n) is 3.59. The average molecular weight is 343 g/mol. The lowest BCUT2D eigenvalue weighted by atomic mass is 9.91. The van der Waals surface area contributed by atoms with E-state index in [1.54, 1.807) is 11.8 Å². The molecule has 128 valence electrons. The van der Waals surface area contributed by atoms with E-state index < -0.39 is 0 Å². The Hall–Kier alpha value is -1.46. The van der Waals surface area contributed by atoms with E-state index in [1.807, 2.05) is 18.3 Å². The van der Waals surface area contributed by atoms with Crippen molar-refractivity contribution in [2.75, 3.05) is 32.7 Å². The van der Waals surface area contributed by atoms with Gasteiger partial charge in [0.1, 0.15) is 10.8 Å². The number of nitrogens with zero attached hydrogens (tertiary/aromatic N) is 3. The molecule has 4 nitrogen and oxygen atoms in total. The first-order chi connectivity index (χ1) is 11.9. The van der Waals surface area contributed by atoms with Crippen LogP contribution in [0.15, 0.2) is 52.3 Å². The summed E-state index contributed by atoms with van der Waals surface area (Å²) in [5.41, 5.74) is 0. The maximum absolute atomic E-state index is 4.39. The van der Waals surface area contributed by atoms with Gasteiger partial charge in [0.05, 0.1) is 0 Å². The minimum atomic E-state index is 0.875. The van der Waals surface area contributed by atoms with Gasteiger partial charge in [-0.15, -0.1) is 0 Å². The molecule has 2 fully saturated rings. The third-order valence-corrected chi connectivity index (χ3v) is 6.20. The number of hydrogen-bond donors (Lipinski definition) is 1. The zero-order valence-corrected chi connectivity index (χ0v) is 15.0. The number of rotatable bonds is 4. The first kappa shape index (κ1) is 16.0. The lowest BCUT2D eigenvalue weighted by molar-refractivity contribution is 0.132. The van der Waals surface area contributed by atoms with Gasteiger partial charge in [0.15, 0.2) is 0 Å². The largest absolute Gasteiger partial charge is 0.367 e. The molecule has 0 atom stereocenters. The van der Waals surface area contributed by atoms with Crippen LogP contribution in [0.25, 0.3) is 0 Å². The summed E-state index contributed by atoms with van der Waals surface area (Å²) in [7, 11) is 0. The van der Waals surface area contributed by atoms with Crippen molar-refractivity contribution in [2.45, 2.75) is 36.8 Å². The number of dihydropyridines is 1. The number of pyridine rings is 1. The predicted octanol–water partition coefficient (Wildman–Crippen LogP) is 3.06. The van der Waals surface area contributed by atoms with Crippen LogP contribution in [-0.4, -0.2) is 53.5 Å². The van der Waals surface area contributed by atoms with E-state index in [4.69, 9.17) is 0 Å². The molecule has 2 aliphatic heterocycles. The zero-order valence-electron chi connectivity index (χ0n) is 14.2.